The Morgan fingerprint density at radius 1 is 0.883 bits per heavy atom. The first kappa shape index (κ1) is 43.7. The molecule has 2 amide bonds. The number of nitrogens with zero attached hydrogens (tertiary/aromatic N) is 5. The lowest BCUT2D eigenvalue weighted by Crippen LogP contribution is -2.50. The van der Waals surface area contributed by atoms with Gasteiger partial charge in [-0.15, -0.1) is 0 Å². The van der Waals surface area contributed by atoms with E-state index in [9.17, 15) is 22.8 Å². The van der Waals surface area contributed by atoms with Crippen molar-refractivity contribution in [2.45, 2.75) is 123 Å². The lowest BCUT2D eigenvalue weighted by molar-refractivity contribution is -0.138. The number of likely N-dealkylation sites (tertiary alicyclic amines) is 3. The van der Waals surface area contributed by atoms with E-state index in [4.69, 9.17) is 15.2 Å². The van der Waals surface area contributed by atoms with E-state index in [2.05, 4.69) is 31.2 Å². The quantitative estimate of drug-likeness (QED) is 0.214. The zero-order valence-electron chi connectivity index (χ0n) is 36.3. The number of nitrogens with one attached hydrogen (secondary N) is 1. The van der Waals surface area contributed by atoms with Crippen molar-refractivity contribution in [2.75, 3.05) is 64.0 Å². The van der Waals surface area contributed by atoms with Crippen molar-refractivity contribution in [3.05, 3.63) is 52.8 Å². The zero-order chi connectivity index (χ0) is 43.0. The van der Waals surface area contributed by atoms with Gasteiger partial charge in [-0.2, -0.15) is 13.2 Å². The molecule has 0 radical (unpaired) electrons. The smallest absolute Gasteiger partial charge is 0.416 e. The standard InChI is InChI=1S/C46H64F3N7O4/c1-29(34-23-35(46(47,48)49)25-36(50)24-34)51-41-38-26-37(40(59-6)27-39(38)52-30(2)53-41)32-7-9-33(10-8-32)42(57)55-17-11-31(12-18-55)28-54-19-13-45(14-20-54)15-21-56(22-16-45)43(58)60-44(3,4)5/h23-27,29,31-33H,7-22,28,50H2,1-6H3,(H,51,52,53)/t29-,32?,33?/m1/s1. The van der Waals surface area contributed by atoms with Crippen LogP contribution in [0.4, 0.5) is 29.5 Å². The zero-order valence-corrected chi connectivity index (χ0v) is 36.3. The average Bonchev–Trinajstić information content (AvgIpc) is 3.20. The number of rotatable bonds is 8. The lowest BCUT2D eigenvalue weighted by Gasteiger charge is -2.47. The number of anilines is 2. The first-order valence-corrected chi connectivity index (χ1v) is 22.0. The molecule has 14 heteroatoms. The van der Waals surface area contributed by atoms with Gasteiger partial charge in [0.25, 0.3) is 0 Å². The van der Waals surface area contributed by atoms with Crippen LogP contribution in [0.3, 0.4) is 0 Å². The second-order valence-electron chi connectivity index (χ2n) is 19.1. The molecule has 328 valence electrons. The van der Waals surface area contributed by atoms with Crippen LogP contribution < -0.4 is 15.8 Å². The highest BCUT2D eigenvalue weighted by Gasteiger charge is 2.40. The fraction of sp³-hybridized carbons (Fsp3) is 0.652. The van der Waals surface area contributed by atoms with Gasteiger partial charge >= 0.3 is 12.3 Å². The van der Waals surface area contributed by atoms with E-state index in [1.54, 1.807) is 27.0 Å². The van der Waals surface area contributed by atoms with E-state index in [1.807, 2.05) is 31.7 Å². The topological polar surface area (TPSA) is 126 Å². The van der Waals surface area contributed by atoms with Crippen molar-refractivity contribution >= 4 is 34.4 Å². The van der Waals surface area contributed by atoms with Gasteiger partial charge in [-0.05, 0) is 165 Å². The summed E-state index contributed by atoms with van der Waals surface area (Å²) in [5.74, 6) is 2.85. The molecule has 3 saturated heterocycles. The minimum absolute atomic E-state index is 0.00762. The first-order valence-electron chi connectivity index (χ1n) is 22.0. The number of halogens is 3. The highest BCUT2D eigenvalue weighted by molar-refractivity contribution is 5.91. The summed E-state index contributed by atoms with van der Waals surface area (Å²) < 4.78 is 52.3. The van der Waals surface area contributed by atoms with Crippen molar-refractivity contribution < 1.29 is 32.2 Å². The van der Waals surface area contributed by atoms with Crippen LogP contribution >= 0.6 is 0 Å². The SMILES string of the molecule is COc1cc2nc(C)nc(N[C@H](C)c3cc(N)cc(C(F)(F)F)c3)c2cc1C1CCC(C(=O)N2CCC(CN3CCC4(CC3)CCN(C(=O)OC(C)(C)C)CC4)CC2)CC1. The maximum Gasteiger partial charge on any atom is 0.416 e. The van der Waals surface area contributed by atoms with Gasteiger partial charge in [0.05, 0.1) is 24.2 Å². The van der Waals surface area contributed by atoms with Crippen LogP contribution in [0.1, 0.15) is 126 Å². The molecule has 4 heterocycles. The highest BCUT2D eigenvalue weighted by atomic mass is 19.4. The number of fused-ring (bicyclic) bond motifs is 1. The van der Waals surface area contributed by atoms with Crippen LogP contribution in [0.25, 0.3) is 10.9 Å². The summed E-state index contributed by atoms with van der Waals surface area (Å²) in [7, 11) is 1.65. The number of nitrogen functional groups attached to an aromatic ring is 1. The molecular formula is C46H64F3N7O4. The third-order valence-corrected chi connectivity index (χ3v) is 13.7. The van der Waals surface area contributed by atoms with Crippen LogP contribution in [-0.2, 0) is 15.7 Å². The molecular weight excluding hydrogens is 772 g/mol. The average molecular weight is 836 g/mol. The highest BCUT2D eigenvalue weighted by Crippen LogP contribution is 2.44. The molecule has 0 bridgehead atoms. The molecule has 1 aliphatic carbocycles. The summed E-state index contributed by atoms with van der Waals surface area (Å²) in [5.41, 5.74) is 7.10. The van der Waals surface area contributed by atoms with Gasteiger partial charge in [0, 0.05) is 55.8 Å². The van der Waals surface area contributed by atoms with Gasteiger partial charge < -0.3 is 35.2 Å². The summed E-state index contributed by atoms with van der Waals surface area (Å²) in [6.45, 7) is 15.8. The predicted molar refractivity (Wildman–Crippen MR) is 228 cm³/mol. The Kier molecular flexibility index (Phi) is 12.8. The number of methoxy groups -OCH3 is 1. The molecule has 3 aliphatic heterocycles. The molecule has 7 rings (SSSR count). The number of piperidine rings is 3. The van der Waals surface area contributed by atoms with Crippen molar-refractivity contribution in [3.63, 3.8) is 0 Å². The second kappa shape index (κ2) is 17.6. The van der Waals surface area contributed by atoms with Crippen LogP contribution in [0.2, 0.25) is 0 Å². The van der Waals surface area contributed by atoms with E-state index in [0.717, 1.165) is 126 Å². The van der Waals surface area contributed by atoms with Crippen LogP contribution in [-0.4, -0.2) is 95.2 Å². The van der Waals surface area contributed by atoms with Crippen molar-refractivity contribution in [1.29, 1.82) is 0 Å². The number of benzene rings is 2. The third kappa shape index (κ3) is 10.2. The largest absolute Gasteiger partial charge is 0.496 e. The number of aryl methyl sites for hydroxylation is 1. The number of nitrogens with two attached hydrogens (primary N) is 1. The minimum Gasteiger partial charge on any atom is -0.496 e. The molecule has 0 unspecified atom stereocenters. The molecule has 3 N–H and O–H groups in total. The van der Waals surface area contributed by atoms with Crippen molar-refractivity contribution in [3.8, 4) is 5.75 Å². The van der Waals surface area contributed by atoms with E-state index < -0.39 is 23.4 Å². The normalized spacial score (nSPS) is 22.5. The molecule has 2 aromatic carbocycles. The third-order valence-electron chi connectivity index (χ3n) is 13.7. The number of amides is 2. The van der Waals surface area contributed by atoms with Gasteiger partial charge in [0.1, 0.15) is 23.0 Å². The number of aromatic nitrogens is 2. The fourth-order valence-electron chi connectivity index (χ4n) is 10.1. The Hall–Kier alpha value is -4.33. The van der Waals surface area contributed by atoms with Crippen LogP contribution in [0.15, 0.2) is 30.3 Å². The molecule has 60 heavy (non-hydrogen) atoms. The maximum atomic E-state index is 13.9. The Morgan fingerprint density at radius 2 is 1.53 bits per heavy atom. The van der Waals surface area contributed by atoms with Gasteiger partial charge in [-0.3, -0.25) is 4.79 Å². The van der Waals surface area contributed by atoms with E-state index >= 15 is 0 Å². The number of hydrogen-bond donors (Lipinski definition) is 2. The molecule has 4 aliphatic rings. The number of ether oxygens (including phenoxy) is 2. The maximum absolute atomic E-state index is 13.9. The Labute approximate surface area is 352 Å². The number of alkyl halides is 3. The molecule has 4 fully saturated rings. The Morgan fingerprint density at radius 3 is 2.15 bits per heavy atom. The molecule has 1 atom stereocenters. The van der Waals surface area contributed by atoms with E-state index in [-0.39, 0.29) is 29.5 Å². The number of carbonyl (C=O) groups excluding carboxylic acids is 2. The van der Waals surface area contributed by atoms with Crippen molar-refractivity contribution in [2.24, 2.45) is 17.3 Å². The summed E-state index contributed by atoms with van der Waals surface area (Å²) in [5, 5.41) is 4.10. The molecule has 1 aromatic heterocycles. The van der Waals surface area contributed by atoms with Gasteiger partial charge in [-0.1, -0.05) is 0 Å². The van der Waals surface area contributed by atoms with Gasteiger partial charge in [0.15, 0.2) is 0 Å². The summed E-state index contributed by atoms with van der Waals surface area (Å²) >= 11 is 0. The summed E-state index contributed by atoms with van der Waals surface area (Å²) in [6, 6.07) is 7.05. The van der Waals surface area contributed by atoms with E-state index in [0.29, 0.717) is 34.1 Å². The second-order valence-corrected chi connectivity index (χ2v) is 19.1. The van der Waals surface area contributed by atoms with Gasteiger partial charge in [0.2, 0.25) is 5.91 Å². The van der Waals surface area contributed by atoms with Crippen LogP contribution in [0, 0.1) is 24.2 Å². The van der Waals surface area contributed by atoms with E-state index in [1.165, 1.54) is 12.8 Å². The Balaban J connectivity index is 0.903. The molecule has 3 aromatic rings. The predicted octanol–water partition coefficient (Wildman–Crippen LogP) is 9.35. The molecule has 1 spiro atoms. The van der Waals surface area contributed by atoms with Gasteiger partial charge in [-0.25, -0.2) is 14.8 Å². The first-order chi connectivity index (χ1) is 28.4. The fourth-order valence-corrected chi connectivity index (χ4v) is 10.1. The monoisotopic (exact) mass is 835 g/mol. The number of carbonyl (C=O) groups is 2. The lowest BCUT2D eigenvalue weighted by atomic mass is 9.71. The minimum atomic E-state index is -4.51. The molecule has 1 saturated carbocycles. The van der Waals surface area contributed by atoms with Crippen LogP contribution in [0.5, 0.6) is 5.75 Å². The summed E-state index contributed by atoms with van der Waals surface area (Å²) in [6.07, 6.45) is 5.16. The number of hydrogen-bond acceptors (Lipinski definition) is 9. The summed E-state index contributed by atoms with van der Waals surface area (Å²) in [4.78, 5) is 42.4. The van der Waals surface area contributed by atoms with Crippen molar-refractivity contribution in [1.82, 2.24) is 24.7 Å². The Bertz CT molecular complexity index is 2000. The molecule has 11 nitrogen and oxygen atoms in total.